The van der Waals surface area contributed by atoms with Crippen molar-refractivity contribution in [3.63, 3.8) is 0 Å². The van der Waals surface area contributed by atoms with E-state index in [1.807, 2.05) is 11.9 Å². The number of nitrogens with one attached hydrogen (secondary N) is 1. The van der Waals surface area contributed by atoms with Crippen LogP contribution in [0.15, 0.2) is 11.2 Å². The molecule has 1 N–H and O–H groups in total. The molecular weight excluding hydrogens is 377 g/mol. The molecule has 2 heterocycles. The first-order valence-corrected chi connectivity index (χ1v) is 9.58. The molecule has 0 amide bonds. The summed E-state index contributed by atoms with van der Waals surface area (Å²) in [6.07, 6.45) is 1.41. The molecule has 1 aliphatic carbocycles. The number of aryl methyl sites for hydroxylation is 3. The molecule has 0 bridgehead atoms. The van der Waals surface area contributed by atoms with Crippen LogP contribution in [0.5, 0.6) is 0 Å². The maximum atomic E-state index is 13.1. The van der Waals surface area contributed by atoms with Gasteiger partial charge in [0, 0.05) is 44.3 Å². The zero-order valence-electron chi connectivity index (χ0n) is 15.6. The van der Waals surface area contributed by atoms with E-state index in [2.05, 4.69) is 15.4 Å². The van der Waals surface area contributed by atoms with E-state index in [0.29, 0.717) is 12.5 Å². The van der Waals surface area contributed by atoms with Gasteiger partial charge in [0.2, 0.25) is 0 Å². The summed E-state index contributed by atoms with van der Waals surface area (Å²) < 4.78 is 40.4. The molecular formula is C17H23F3N6S. The molecule has 10 heteroatoms. The number of alkyl halides is 3. The maximum Gasteiger partial charge on any atom is 0.435 e. The largest absolute Gasteiger partial charge is 0.435 e. The Hall–Kier alpha value is -2.10. The molecule has 0 spiro atoms. The molecule has 1 aliphatic rings. The Morgan fingerprint density at radius 1 is 1.37 bits per heavy atom. The fourth-order valence-corrected chi connectivity index (χ4v) is 4.43. The van der Waals surface area contributed by atoms with Gasteiger partial charge in [-0.1, -0.05) is 0 Å². The third kappa shape index (κ3) is 4.60. The molecule has 2 aromatic rings. The number of hydrogen-bond acceptors (Lipinski definition) is 4. The second kappa shape index (κ2) is 7.87. The minimum absolute atomic E-state index is 0.00589. The lowest BCUT2D eigenvalue weighted by atomic mass is 10.0. The highest BCUT2D eigenvalue weighted by molar-refractivity contribution is 7.11. The molecule has 0 fully saturated rings. The van der Waals surface area contributed by atoms with E-state index in [0.717, 1.165) is 17.8 Å². The molecule has 0 aliphatic heterocycles. The number of rotatable bonds is 4. The first-order valence-electron chi connectivity index (χ1n) is 8.77. The standard InChI is InChI=1S/C17H23F3N6S/c1-21-16(22-8-11-9-26(3)24-15(11)17(18,19)20)25(2)10-14-23-12-6-4-5-7-13(12)27-14/h9H,4-8,10H2,1-3H3,(H,21,22). The number of hydrogen-bond donors (Lipinski definition) is 1. The maximum absolute atomic E-state index is 13.1. The van der Waals surface area contributed by atoms with Crippen LogP contribution in [0.2, 0.25) is 0 Å². The van der Waals surface area contributed by atoms with E-state index in [1.165, 1.54) is 41.3 Å². The number of thiazole rings is 1. The molecule has 148 valence electrons. The Labute approximate surface area is 160 Å². The number of nitrogens with zero attached hydrogens (tertiary/aromatic N) is 5. The number of fused-ring (bicyclic) bond motifs is 1. The van der Waals surface area contributed by atoms with Crippen LogP contribution in [-0.4, -0.2) is 39.7 Å². The lowest BCUT2D eigenvalue weighted by Gasteiger charge is -2.21. The summed E-state index contributed by atoms with van der Waals surface area (Å²) >= 11 is 1.72. The van der Waals surface area contributed by atoms with E-state index in [4.69, 9.17) is 4.98 Å². The smallest absolute Gasteiger partial charge is 0.352 e. The number of guanidine groups is 1. The van der Waals surface area contributed by atoms with Crippen molar-refractivity contribution in [3.05, 3.63) is 33.0 Å². The van der Waals surface area contributed by atoms with Crippen LogP contribution in [0.1, 0.15) is 39.7 Å². The van der Waals surface area contributed by atoms with Crippen molar-refractivity contribution in [1.82, 2.24) is 25.0 Å². The van der Waals surface area contributed by atoms with Crippen molar-refractivity contribution in [1.29, 1.82) is 0 Å². The van der Waals surface area contributed by atoms with Gasteiger partial charge >= 0.3 is 6.18 Å². The Morgan fingerprint density at radius 2 is 2.11 bits per heavy atom. The van der Waals surface area contributed by atoms with Crippen molar-refractivity contribution in [2.24, 2.45) is 12.0 Å². The molecule has 27 heavy (non-hydrogen) atoms. The topological polar surface area (TPSA) is 58.3 Å². The van der Waals surface area contributed by atoms with Gasteiger partial charge in [0.05, 0.1) is 12.2 Å². The second-order valence-corrected chi connectivity index (χ2v) is 7.78. The fourth-order valence-electron chi connectivity index (χ4n) is 3.22. The summed E-state index contributed by atoms with van der Waals surface area (Å²) in [4.78, 5) is 12.1. The van der Waals surface area contributed by atoms with Crippen LogP contribution in [-0.2, 0) is 39.2 Å². The molecule has 0 radical (unpaired) electrons. The number of aliphatic imine (C=N–C) groups is 1. The number of aromatic nitrogens is 3. The van der Waals surface area contributed by atoms with Crippen LogP contribution in [0, 0.1) is 0 Å². The van der Waals surface area contributed by atoms with Gasteiger partial charge in [0.15, 0.2) is 11.7 Å². The quantitative estimate of drug-likeness (QED) is 0.633. The highest BCUT2D eigenvalue weighted by Crippen LogP contribution is 2.30. The van der Waals surface area contributed by atoms with Crippen LogP contribution in [0.4, 0.5) is 13.2 Å². The second-order valence-electron chi connectivity index (χ2n) is 6.62. The normalized spacial score (nSPS) is 15.0. The summed E-state index contributed by atoms with van der Waals surface area (Å²) in [6, 6.07) is 0. The van der Waals surface area contributed by atoms with Crippen LogP contribution < -0.4 is 5.32 Å². The molecule has 2 aromatic heterocycles. The van der Waals surface area contributed by atoms with Gasteiger partial charge in [-0.3, -0.25) is 9.67 Å². The molecule has 3 rings (SSSR count). The van der Waals surface area contributed by atoms with Gasteiger partial charge in [0.1, 0.15) is 5.01 Å². The van der Waals surface area contributed by atoms with Gasteiger partial charge < -0.3 is 10.2 Å². The molecule has 6 nitrogen and oxygen atoms in total. The summed E-state index contributed by atoms with van der Waals surface area (Å²) in [5.41, 5.74) is 0.412. The molecule has 0 saturated heterocycles. The first-order chi connectivity index (χ1) is 12.8. The minimum atomic E-state index is -4.48. The molecule has 0 unspecified atom stereocenters. The zero-order valence-corrected chi connectivity index (χ0v) is 16.4. The van der Waals surface area contributed by atoms with Crippen LogP contribution >= 0.6 is 11.3 Å². The van der Waals surface area contributed by atoms with E-state index in [1.54, 1.807) is 18.4 Å². The highest BCUT2D eigenvalue weighted by atomic mass is 32.1. The average Bonchev–Trinajstić information content (AvgIpc) is 3.17. The van der Waals surface area contributed by atoms with Crippen molar-refractivity contribution >= 4 is 17.3 Å². The average molecular weight is 400 g/mol. The van der Waals surface area contributed by atoms with E-state index in [-0.39, 0.29) is 12.1 Å². The summed E-state index contributed by atoms with van der Waals surface area (Å²) in [7, 11) is 4.94. The predicted octanol–water partition coefficient (Wildman–Crippen LogP) is 2.98. The summed E-state index contributed by atoms with van der Waals surface area (Å²) in [5, 5.41) is 7.52. The minimum Gasteiger partial charge on any atom is -0.352 e. The van der Waals surface area contributed by atoms with Crippen molar-refractivity contribution in [3.8, 4) is 0 Å². The van der Waals surface area contributed by atoms with Crippen molar-refractivity contribution < 1.29 is 13.2 Å². The van der Waals surface area contributed by atoms with Crippen LogP contribution in [0.25, 0.3) is 0 Å². The van der Waals surface area contributed by atoms with E-state index < -0.39 is 11.9 Å². The van der Waals surface area contributed by atoms with Crippen molar-refractivity contribution in [2.45, 2.75) is 44.9 Å². The van der Waals surface area contributed by atoms with Gasteiger partial charge in [-0.25, -0.2) is 4.98 Å². The first kappa shape index (κ1) is 19.7. The number of halogens is 3. The fraction of sp³-hybridized carbons (Fsp3) is 0.588. The van der Waals surface area contributed by atoms with Crippen LogP contribution in [0.3, 0.4) is 0 Å². The Bertz CT molecular complexity index is 800. The molecule has 0 aromatic carbocycles. The zero-order chi connectivity index (χ0) is 19.6. The Kier molecular flexibility index (Phi) is 5.73. The van der Waals surface area contributed by atoms with E-state index in [9.17, 15) is 13.2 Å². The van der Waals surface area contributed by atoms with Gasteiger partial charge in [-0.05, 0) is 25.7 Å². The van der Waals surface area contributed by atoms with Gasteiger partial charge in [-0.2, -0.15) is 18.3 Å². The SMILES string of the molecule is CN=C(NCc1cn(C)nc1C(F)(F)F)N(C)Cc1nc2c(s1)CCCC2. The summed E-state index contributed by atoms with van der Waals surface area (Å²) in [5.74, 6) is 0.514. The van der Waals surface area contributed by atoms with Gasteiger partial charge in [0.25, 0.3) is 0 Å². The third-order valence-corrected chi connectivity index (χ3v) is 5.59. The lowest BCUT2D eigenvalue weighted by Crippen LogP contribution is -2.38. The predicted molar refractivity (Wildman–Crippen MR) is 98.6 cm³/mol. The van der Waals surface area contributed by atoms with Gasteiger partial charge in [-0.15, -0.1) is 11.3 Å². The lowest BCUT2D eigenvalue weighted by molar-refractivity contribution is -0.142. The monoisotopic (exact) mass is 400 g/mol. The Balaban J connectivity index is 1.65. The van der Waals surface area contributed by atoms with Crippen molar-refractivity contribution in [2.75, 3.05) is 14.1 Å². The highest BCUT2D eigenvalue weighted by Gasteiger charge is 2.36. The molecule has 0 atom stereocenters. The van der Waals surface area contributed by atoms with E-state index >= 15 is 0 Å². The third-order valence-electron chi connectivity index (χ3n) is 4.45. The molecule has 0 saturated carbocycles. The Morgan fingerprint density at radius 3 is 2.78 bits per heavy atom. The summed E-state index contributed by atoms with van der Waals surface area (Å²) in [6.45, 7) is 0.560.